The molecular weight excluding hydrogens is 288 g/mol. The number of hydrogen-bond donors (Lipinski definition) is 1. The fourth-order valence-corrected chi connectivity index (χ4v) is 3.21. The fraction of sp³-hybridized carbons (Fsp3) is 0.667. The van der Waals surface area contributed by atoms with Crippen molar-refractivity contribution in [3.05, 3.63) is 16.1 Å². The van der Waals surface area contributed by atoms with E-state index < -0.39 is 5.97 Å². The molecule has 1 fully saturated rings. The molecule has 1 aromatic rings. The summed E-state index contributed by atoms with van der Waals surface area (Å²) >= 11 is 1.15. The number of thiazole rings is 1. The Kier molecular flexibility index (Phi) is 6.17. The summed E-state index contributed by atoms with van der Waals surface area (Å²) in [6, 6.07) is 0.227. The van der Waals surface area contributed by atoms with Crippen LogP contribution in [0.4, 0.5) is 0 Å². The maximum Gasteiger partial charge on any atom is 0.367 e. The first kappa shape index (κ1) is 15.9. The average molecular weight is 310 g/mol. The summed E-state index contributed by atoms with van der Waals surface area (Å²) < 4.78 is 4.88. The molecule has 0 bridgehead atoms. The van der Waals surface area contributed by atoms with E-state index in [-0.39, 0.29) is 17.0 Å². The molecule has 1 N–H and O–H groups in total. The highest BCUT2D eigenvalue weighted by molar-refractivity contribution is 7.11. The summed E-state index contributed by atoms with van der Waals surface area (Å²) in [4.78, 5) is 27.8. The normalized spacial score (nSPS) is 16.8. The van der Waals surface area contributed by atoms with Crippen LogP contribution in [0.3, 0.4) is 0 Å². The average Bonchev–Trinajstić information content (AvgIpc) is 2.91. The largest absolute Gasteiger partial charge is 0.461 e. The van der Waals surface area contributed by atoms with Gasteiger partial charge in [-0.3, -0.25) is 4.79 Å². The van der Waals surface area contributed by atoms with Gasteiger partial charge in [-0.05, 0) is 19.8 Å². The zero-order valence-electron chi connectivity index (χ0n) is 12.4. The van der Waals surface area contributed by atoms with E-state index in [1.165, 1.54) is 19.3 Å². The molecule has 0 aliphatic heterocycles. The molecule has 0 unspecified atom stereocenters. The van der Waals surface area contributed by atoms with Gasteiger partial charge in [0.25, 0.3) is 5.91 Å². The summed E-state index contributed by atoms with van der Waals surface area (Å²) in [6.07, 6.45) is 8.18. The smallest absolute Gasteiger partial charge is 0.367 e. The first-order chi connectivity index (χ1) is 10.2. The first-order valence-corrected chi connectivity index (χ1v) is 8.52. The monoisotopic (exact) mass is 310 g/mol. The highest BCUT2D eigenvalue weighted by Crippen LogP contribution is 2.18. The predicted molar refractivity (Wildman–Crippen MR) is 81.6 cm³/mol. The minimum absolute atomic E-state index is 0.188. The van der Waals surface area contributed by atoms with Crippen LogP contribution < -0.4 is 5.32 Å². The van der Waals surface area contributed by atoms with Gasteiger partial charge in [0.1, 0.15) is 5.69 Å². The Bertz CT molecular complexity index is 479. The molecule has 0 atom stereocenters. The Morgan fingerprint density at radius 3 is 2.62 bits per heavy atom. The van der Waals surface area contributed by atoms with Crippen molar-refractivity contribution >= 4 is 23.2 Å². The van der Waals surface area contributed by atoms with Gasteiger partial charge in [-0.2, -0.15) is 0 Å². The van der Waals surface area contributed by atoms with E-state index in [9.17, 15) is 9.59 Å². The van der Waals surface area contributed by atoms with Crippen LogP contribution in [0.15, 0.2) is 5.38 Å². The van der Waals surface area contributed by atoms with Crippen LogP contribution in [0.2, 0.25) is 0 Å². The molecule has 0 radical (unpaired) electrons. The van der Waals surface area contributed by atoms with Gasteiger partial charge in [-0.15, -0.1) is 11.3 Å². The molecule has 5 nitrogen and oxygen atoms in total. The van der Waals surface area contributed by atoms with Gasteiger partial charge in [0, 0.05) is 11.4 Å². The molecule has 6 heteroatoms. The number of hydrogen-bond acceptors (Lipinski definition) is 5. The lowest BCUT2D eigenvalue weighted by Crippen LogP contribution is -2.35. The van der Waals surface area contributed by atoms with Gasteiger partial charge in [0.2, 0.25) is 5.01 Å². The van der Waals surface area contributed by atoms with Gasteiger partial charge < -0.3 is 10.1 Å². The molecule has 2 rings (SSSR count). The zero-order valence-corrected chi connectivity index (χ0v) is 13.2. The maximum atomic E-state index is 12.2. The highest BCUT2D eigenvalue weighted by atomic mass is 32.1. The minimum atomic E-state index is -0.465. The molecule has 1 amide bonds. The van der Waals surface area contributed by atoms with E-state index >= 15 is 0 Å². The summed E-state index contributed by atoms with van der Waals surface area (Å²) in [7, 11) is 0. The van der Waals surface area contributed by atoms with Crippen molar-refractivity contribution in [3.63, 3.8) is 0 Å². The van der Waals surface area contributed by atoms with Crippen molar-refractivity contribution in [2.75, 3.05) is 6.61 Å². The number of rotatable bonds is 4. The number of amides is 1. The number of carbonyl (C=O) groups is 2. The minimum Gasteiger partial charge on any atom is -0.461 e. The van der Waals surface area contributed by atoms with Crippen LogP contribution in [0.1, 0.15) is 72.2 Å². The summed E-state index contributed by atoms with van der Waals surface area (Å²) in [5.74, 6) is -0.653. The van der Waals surface area contributed by atoms with Crippen molar-refractivity contribution < 1.29 is 14.3 Å². The molecule has 1 saturated carbocycles. The molecule has 21 heavy (non-hydrogen) atoms. The van der Waals surface area contributed by atoms with Gasteiger partial charge in [-0.25, -0.2) is 9.78 Å². The van der Waals surface area contributed by atoms with Crippen LogP contribution in [-0.4, -0.2) is 29.5 Å². The second-order valence-electron chi connectivity index (χ2n) is 5.27. The van der Waals surface area contributed by atoms with Gasteiger partial charge in [0.05, 0.1) is 6.61 Å². The number of carbonyl (C=O) groups excluding carboxylic acids is 2. The molecular formula is C15H22N2O3S. The summed E-state index contributed by atoms with van der Waals surface area (Å²) in [6.45, 7) is 2.05. The van der Waals surface area contributed by atoms with Gasteiger partial charge >= 0.3 is 5.97 Å². The van der Waals surface area contributed by atoms with Crippen LogP contribution >= 0.6 is 11.3 Å². The van der Waals surface area contributed by atoms with E-state index in [2.05, 4.69) is 10.3 Å². The van der Waals surface area contributed by atoms with Crippen molar-refractivity contribution in [3.8, 4) is 0 Å². The molecule has 0 aromatic carbocycles. The lowest BCUT2D eigenvalue weighted by Gasteiger charge is -2.20. The van der Waals surface area contributed by atoms with E-state index in [1.54, 1.807) is 12.3 Å². The van der Waals surface area contributed by atoms with Crippen LogP contribution in [0, 0.1) is 0 Å². The third-order valence-corrected chi connectivity index (χ3v) is 4.45. The van der Waals surface area contributed by atoms with Crippen molar-refractivity contribution in [1.29, 1.82) is 0 Å². The number of nitrogens with zero attached hydrogens (tertiary/aromatic N) is 1. The van der Waals surface area contributed by atoms with Crippen molar-refractivity contribution in [2.45, 2.75) is 57.9 Å². The molecule has 1 aromatic heterocycles. The molecule has 0 saturated heterocycles. The standard InChI is InChI=1S/C15H22N2O3S/c1-2-20-15(19)14-17-12(10-21-14)13(18)16-11-8-6-4-3-5-7-9-11/h10-11H,2-9H2,1H3,(H,16,18). The zero-order chi connectivity index (χ0) is 15.1. The first-order valence-electron chi connectivity index (χ1n) is 7.64. The number of esters is 1. The second kappa shape index (κ2) is 8.12. The Labute approximate surface area is 129 Å². The van der Waals surface area contributed by atoms with Crippen LogP contribution in [0.5, 0.6) is 0 Å². The molecule has 1 aliphatic carbocycles. The molecule has 1 heterocycles. The Balaban J connectivity index is 1.91. The second-order valence-corrected chi connectivity index (χ2v) is 6.13. The quantitative estimate of drug-likeness (QED) is 0.867. The number of nitrogens with one attached hydrogen (secondary N) is 1. The number of ether oxygens (including phenoxy) is 1. The van der Waals surface area contributed by atoms with E-state index in [1.807, 2.05) is 0 Å². The van der Waals surface area contributed by atoms with E-state index in [4.69, 9.17) is 4.74 Å². The van der Waals surface area contributed by atoms with Gasteiger partial charge in [-0.1, -0.05) is 32.1 Å². The summed E-state index contributed by atoms with van der Waals surface area (Å²) in [5, 5.41) is 4.89. The Morgan fingerprint density at radius 2 is 1.95 bits per heavy atom. The lowest BCUT2D eigenvalue weighted by atomic mass is 9.97. The van der Waals surface area contributed by atoms with E-state index in [0.717, 1.165) is 37.0 Å². The fourth-order valence-electron chi connectivity index (χ4n) is 2.52. The van der Waals surface area contributed by atoms with Crippen molar-refractivity contribution in [2.24, 2.45) is 0 Å². The molecule has 0 spiro atoms. The third-order valence-electron chi connectivity index (χ3n) is 3.63. The third kappa shape index (κ3) is 4.81. The van der Waals surface area contributed by atoms with Gasteiger partial charge in [0.15, 0.2) is 0 Å². The number of aromatic nitrogens is 1. The summed E-state index contributed by atoms with van der Waals surface area (Å²) in [5.41, 5.74) is 0.310. The predicted octanol–water partition coefficient (Wildman–Crippen LogP) is 3.16. The molecule has 116 valence electrons. The topological polar surface area (TPSA) is 68.3 Å². The highest BCUT2D eigenvalue weighted by Gasteiger charge is 2.19. The van der Waals surface area contributed by atoms with Crippen molar-refractivity contribution in [1.82, 2.24) is 10.3 Å². The lowest BCUT2D eigenvalue weighted by molar-refractivity contribution is 0.0526. The molecule has 1 aliphatic rings. The van der Waals surface area contributed by atoms with E-state index in [0.29, 0.717) is 12.3 Å². The van der Waals surface area contributed by atoms with Crippen LogP contribution in [0.25, 0.3) is 0 Å². The Hall–Kier alpha value is -1.43. The maximum absolute atomic E-state index is 12.2. The SMILES string of the molecule is CCOC(=O)c1nc(C(=O)NC2CCCCCCC2)cs1. The van der Waals surface area contributed by atoms with Crippen LogP contribution in [-0.2, 0) is 4.74 Å². The Morgan fingerprint density at radius 1 is 1.29 bits per heavy atom.